The Morgan fingerprint density at radius 1 is 0.938 bits per heavy atom. The molecule has 0 aromatic rings. The molecule has 9 atom stereocenters. The Hall–Kier alpha value is -0.410. The van der Waals surface area contributed by atoms with Crippen molar-refractivity contribution in [1.29, 1.82) is 0 Å². The molecule has 4 fully saturated rings. The Labute approximate surface area is 197 Å². The normalized spacial score (nSPS) is 44.6. The van der Waals surface area contributed by atoms with Crippen molar-refractivity contribution in [2.24, 2.45) is 52.3 Å². The zero-order chi connectivity index (χ0) is 23.1. The highest BCUT2D eigenvalue weighted by Crippen LogP contribution is 2.68. The maximum atomic E-state index is 12.2. The molecular weight excluding hydrogens is 396 g/mol. The van der Waals surface area contributed by atoms with Crippen LogP contribution in [0.3, 0.4) is 0 Å². The molecule has 3 heteroatoms. The molecule has 4 aliphatic carbocycles. The van der Waals surface area contributed by atoms with Crippen LogP contribution in [0, 0.1) is 52.3 Å². The van der Waals surface area contributed by atoms with Crippen LogP contribution in [0.25, 0.3) is 0 Å². The first-order chi connectivity index (χ1) is 15.2. The molecule has 4 rings (SSSR count). The van der Waals surface area contributed by atoms with E-state index in [-0.39, 0.29) is 5.92 Å². The van der Waals surface area contributed by atoms with Gasteiger partial charge >= 0.3 is 0 Å². The third kappa shape index (κ3) is 4.35. The molecule has 0 spiro atoms. The minimum atomic E-state index is 0.190. The second kappa shape index (κ2) is 9.68. The van der Waals surface area contributed by atoms with Crippen LogP contribution in [0.4, 0.5) is 0 Å². The molecule has 3 nitrogen and oxygen atoms in total. The SMILES string of the molecule is COCO[C@@H]1CCC2(C)C3CCC4(C)C(CCC4[C@H](C)CCC(=O)C(C)C)C3CC[C@@H]2C1. The van der Waals surface area contributed by atoms with E-state index in [1.165, 1.54) is 57.8 Å². The van der Waals surface area contributed by atoms with Gasteiger partial charge in [0.25, 0.3) is 0 Å². The summed E-state index contributed by atoms with van der Waals surface area (Å²) in [6.07, 6.45) is 14.6. The van der Waals surface area contributed by atoms with Crippen LogP contribution in [0.5, 0.6) is 0 Å². The molecule has 0 aromatic carbocycles. The van der Waals surface area contributed by atoms with Crippen LogP contribution in [0.2, 0.25) is 0 Å². The minimum absolute atomic E-state index is 0.190. The number of fused-ring (bicyclic) bond motifs is 5. The Morgan fingerprint density at radius 3 is 2.38 bits per heavy atom. The zero-order valence-electron chi connectivity index (χ0n) is 21.8. The highest BCUT2D eigenvalue weighted by Gasteiger charge is 2.60. The van der Waals surface area contributed by atoms with Gasteiger partial charge in [-0.2, -0.15) is 0 Å². The van der Waals surface area contributed by atoms with Crippen LogP contribution < -0.4 is 0 Å². The summed E-state index contributed by atoms with van der Waals surface area (Å²) in [5, 5.41) is 0. The van der Waals surface area contributed by atoms with E-state index in [2.05, 4.69) is 34.6 Å². The molecule has 0 heterocycles. The first-order valence-corrected chi connectivity index (χ1v) is 13.8. The molecule has 0 N–H and O–H groups in total. The molecule has 0 saturated heterocycles. The van der Waals surface area contributed by atoms with Crippen molar-refractivity contribution in [3.05, 3.63) is 0 Å². The molecule has 0 aromatic heterocycles. The number of ether oxygens (including phenoxy) is 2. The summed E-state index contributed by atoms with van der Waals surface area (Å²) in [6, 6.07) is 0. The third-order valence-corrected chi connectivity index (χ3v) is 11.3. The van der Waals surface area contributed by atoms with Gasteiger partial charge in [0.2, 0.25) is 0 Å². The summed E-state index contributed by atoms with van der Waals surface area (Å²) in [4.78, 5) is 12.2. The number of carbonyl (C=O) groups is 1. The number of Topliss-reactive ketones (excluding diaryl/α,β-unsaturated/α-hetero) is 1. The molecule has 0 aliphatic heterocycles. The standard InChI is InChI=1S/C29H50O3/c1-19(2)27(30)12-7-20(3)24-10-11-25-23-9-8-21-17-22(32-18-31-6)13-15-28(21,4)26(23)14-16-29(24,25)5/h19-26H,7-18H2,1-6H3/t20-,21-,22-,23?,24?,25?,26?,28?,29?/m1/s1. The number of ketones is 1. The van der Waals surface area contributed by atoms with E-state index in [0.717, 1.165) is 42.4 Å². The predicted octanol–water partition coefficient (Wildman–Crippen LogP) is 7.28. The molecular formula is C29H50O3. The van der Waals surface area contributed by atoms with E-state index >= 15 is 0 Å². The average molecular weight is 447 g/mol. The van der Waals surface area contributed by atoms with Gasteiger partial charge in [-0.3, -0.25) is 4.79 Å². The van der Waals surface area contributed by atoms with Crippen molar-refractivity contribution in [3.8, 4) is 0 Å². The van der Waals surface area contributed by atoms with Crippen LogP contribution in [0.1, 0.15) is 105 Å². The summed E-state index contributed by atoms with van der Waals surface area (Å²) in [5.74, 6) is 5.74. The number of methoxy groups -OCH3 is 1. The number of carbonyl (C=O) groups excluding carboxylic acids is 1. The average Bonchev–Trinajstić information content (AvgIpc) is 3.12. The Bertz CT molecular complexity index is 659. The van der Waals surface area contributed by atoms with E-state index in [0.29, 0.717) is 35.4 Å². The van der Waals surface area contributed by atoms with Gasteiger partial charge < -0.3 is 9.47 Å². The quantitative estimate of drug-likeness (QED) is 0.368. The first-order valence-electron chi connectivity index (χ1n) is 13.8. The van der Waals surface area contributed by atoms with Crippen LogP contribution in [-0.4, -0.2) is 25.8 Å². The van der Waals surface area contributed by atoms with Gasteiger partial charge in [-0.15, -0.1) is 0 Å². The van der Waals surface area contributed by atoms with E-state index in [1.54, 1.807) is 7.11 Å². The molecule has 0 radical (unpaired) electrons. The molecule has 0 amide bonds. The first kappa shape index (κ1) is 24.7. The molecule has 4 saturated carbocycles. The van der Waals surface area contributed by atoms with Gasteiger partial charge in [0.1, 0.15) is 12.6 Å². The van der Waals surface area contributed by atoms with Gasteiger partial charge in [-0.1, -0.05) is 34.6 Å². The van der Waals surface area contributed by atoms with Gasteiger partial charge in [0, 0.05) is 19.4 Å². The van der Waals surface area contributed by atoms with E-state index < -0.39 is 0 Å². The maximum absolute atomic E-state index is 12.2. The van der Waals surface area contributed by atoms with Crippen molar-refractivity contribution < 1.29 is 14.3 Å². The highest BCUT2D eigenvalue weighted by atomic mass is 16.7. The molecule has 32 heavy (non-hydrogen) atoms. The minimum Gasteiger partial charge on any atom is -0.359 e. The number of rotatable bonds is 8. The molecule has 0 bridgehead atoms. The fourth-order valence-corrected chi connectivity index (χ4v) is 9.37. The van der Waals surface area contributed by atoms with E-state index in [9.17, 15) is 4.79 Å². The fraction of sp³-hybridized carbons (Fsp3) is 0.966. The second-order valence-corrected chi connectivity index (χ2v) is 13.0. The lowest BCUT2D eigenvalue weighted by molar-refractivity contribution is -0.153. The van der Waals surface area contributed by atoms with E-state index in [4.69, 9.17) is 9.47 Å². The van der Waals surface area contributed by atoms with Gasteiger partial charge in [0.05, 0.1) is 6.10 Å². The monoisotopic (exact) mass is 446 g/mol. The number of hydrogen-bond donors (Lipinski definition) is 0. The summed E-state index contributed by atoms with van der Waals surface area (Å²) in [6.45, 7) is 12.3. The smallest absolute Gasteiger partial charge is 0.146 e. The number of hydrogen-bond acceptors (Lipinski definition) is 3. The van der Waals surface area contributed by atoms with Crippen LogP contribution in [-0.2, 0) is 14.3 Å². The van der Waals surface area contributed by atoms with Gasteiger partial charge in [-0.05, 0) is 111 Å². The zero-order valence-corrected chi connectivity index (χ0v) is 21.8. The van der Waals surface area contributed by atoms with Crippen molar-refractivity contribution >= 4 is 5.78 Å². The third-order valence-electron chi connectivity index (χ3n) is 11.3. The lowest BCUT2D eigenvalue weighted by Gasteiger charge is -2.61. The molecule has 6 unspecified atom stereocenters. The molecule has 184 valence electrons. The van der Waals surface area contributed by atoms with Crippen LogP contribution in [0.15, 0.2) is 0 Å². The summed E-state index contributed by atoms with van der Waals surface area (Å²) >= 11 is 0. The fourth-order valence-electron chi connectivity index (χ4n) is 9.37. The summed E-state index contributed by atoms with van der Waals surface area (Å²) in [7, 11) is 1.73. The Kier molecular flexibility index (Phi) is 7.48. The van der Waals surface area contributed by atoms with Gasteiger partial charge in [0.15, 0.2) is 0 Å². The second-order valence-electron chi connectivity index (χ2n) is 13.0. The van der Waals surface area contributed by atoms with Gasteiger partial charge in [-0.25, -0.2) is 0 Å². The molecule has 4 aliphatic rings. The van der Waals surface area contributed by atoms with Crippen LogP contribution >= 0.6 is 0 Å². The van der Waals surface area contributed by atoms with Crippen molar-refractivity contribution in [2.45, 2.75) is 111 Å². The van der Waals surface area contributed by atoms with Crippen molar-refractivity contribution in [1.82, 2.24) is 0 Å². The van der Waals surface area contributed by atoms with Crippen molar-refractivity contribution in [3.63, 3.8) is 0 Å². The highest BCUT2D eigenvalue weighted by molar-refractivity contribution is 5.80. The van der Waals surface area contributed by atoms with Crippen molar-refractivity contribution in [2.75, 3.05) is 13.9 Å². The Balaban J connectivity index is 1.42. The summed E-state index contributed by atoms with van der Waals surface area (Å²) < 4.78 is 11.2. The topological polar surface area (TPSA) is 35.5 Å². The largest absolute Gasteiger partial charge is 0.359 e. The lowest BCUT2D eigenvalue weighted by atomic mass is 9.44. The predicted molar refractivity (Wildman–Crippen MR) is 130 cm³/mol. The maximum Gasteiger partial charge on any atom is 0.146 e. The Morgan fingerprint density at radius 2 is 1.66 bits per heavy atom. The lowest BCUT2D eigenvalue weighted by Crippen LogP contribution is -2.54. The van der Waals surface area contributed by atoms with E-state index in [1.807, 2.05) is 0 Å². The summed E-state index contributed by atoms with van der Waals surface area (Å²) in [5.41, 5.74) is 1.02.